The van der Waals surface area contributed by atoms with E-state index in [1.54, 1.807) is 31.2 Å². The fourth-order valence-electron chi connectivity index (χ4n) is 6.56. The number of benzene rings is 2. The Morgan fingerprint density at radius 3 is 2.26 bits per heavy atom. The minimum atomic E-state index is -4.86. The van der Waals surface area contributed by atoms with Crippen molar-refractivity contribution < 1.29 is 50.0 Å². The van der Waals surface area contributed by atoms with Crippen molar-refractivity contribution in [2.75, 3.05) is 49.5 Å². The van der Waals surface area contributed by atoms with E-state index in [9.17, 15) is 40.7 Å². The van der Waals surface area contributed by atoms with Crippen molar-refractivity contribution in [1.82, 2.24) is 19.9 Å². The third kappa shape index (κ3) is 8.89. The molecule has 0 radical (unpaired) electrons. The van der Waals surface area contributed by atoms with E-state index in [1.165, 1.54) is 4.90 Å². The van der Waals surface area contributed by atoms with Crippen molar-refractivity contribution >= 4 is 41.5 Å². The molecule has 2 aliphatic rings. The summed E-state index contributed by atoms with van der Waals surface area (Å²) in [5.74, 6) is -1.58. The molecule has 4 heterocycles. The number of para-hydroxylation sites is 2. The lowest BCUT2D eigenvalue weighted by atomic mass is 9.89. The van der Waals surface area contributed by atoms with Gasteiger partial charge in [-0.15, -0.1) is 12.4 Å². The number of nitrogens with zero attached hydrogens (tertiary/aromatic N) is 5. The number of pyridine rings is 1. The highest BCUT2D eigenvalue weighted by molar-refractivity contribution is 5.97. The lowest BCUT2D eigenvalue weighted by Gasteiger charge is -2.46. The summed E-state index contributed by atoms with van der Waals surface area (Å²) in [4.78, 5) is 49.2. The zero-order valence-corrected chi connectivity index (χ0v) is 29.6. The molecular formula is C36H35ClF6N6O5. The maximum Gasteiger partial charge on any atom is 0.417 e. The zero-order valence-electron chi connectivity index (χ0n) is 28.7. The Bertz CT molecular complexity index is 1970. The summed E-state index contributed by atoms with van der Waals surface area (Å²) >= 11 is 0. The Kier molecular flexibility index (Phi) is 11.8. The van der Waals surface area contributed by atoms with E-state index in [4.69, 9.17) is 9.26 Å². The average Bonchev–Trinajstić information content (AvgIpc) is 3.54. The highest BCUT2D eigenvalue weighted by atomic mass is 35.5. The first-order chi connectivity index (χ1) is 25.1. The lowest BCUT2D eigenvalue weighted by molar-refractivity contribution is -0.153. The second-order valence-electron chi connectivity index (χ2n) is 12.8. The number of aromatic nitrogens is 2. The van der Waals surface area contributed by atoms with Crippen molar-refractivity contribution in [3.8, 4) is 5.75 Å². The molecular weight excluding hydrogens is 746 g/mol. The molecule has 0 spiro atoms. The van der Waals surface area contributed by atoms with Crippen LogP contribution in [0.25, 0.3) is 0 Å². The summed E-state index contributed by atoms with van der Waals surface area (Å²) in [5.41, 5.74) is -2.79. The van der Waals surface area contributed by atoms with Gasteiger partial charge in [-0.05, 0) is 62.2 Å². The van der Waals surface area contributed by atoms with E-state index in [1.807, 2.05) is 11.0 Å². The average molecular weight is 781 g/mol. The van der Waals surface area contributed by atoms with Crippen molar-refractivity contribution in [2.45, 2.75) is 44.1 Å². The van der Waals surface area contributed by atoms with Crippen LogP contribution < -0.4 is 15.0 Å². The zero-order chi connectivity index (χ0) is 38.0. The molecule has 4 aromatic rings. The highest BCUT2D eigenvalue weighted by Crippen LogP contribution is 2.37. The van der Waals surface area contributed by atoms with Gasteiger partial charge in [0.1, 0.15) is 11.5 Å². The maximum absolute atomic E-state index is 14.5. The monoisotopic (exact) mass is 780 g/mol. The number of ether oxygens (including phenoxy) is 1. The van der Waals surface area contributed by atoms with Crippen LogP contribution >= 0.6 is 12.4 Å². The largest absolute Gasteiger partial charge is 0.476 e. The summed E-state index contributed by atoms with van der Waals surface area (Å²) in [6, 6.07) is 13.2. The van der Waals surface area contributed by atoms with Crippen LogP contribution in [-0.2, 0) is 28.4 Å². The number of nitrogens with one attached hydrogen (secondary N) is 1. The first-order valence-corrected chi connectivity index (χ1v) is 16.7. The number of amides is 3. The number of carbonyl (C=O) groups is 3. The fraction of sp³-hybridized carbons (Fsp3) is 0.361. The third-order valence-corrected chi connectivity index (χ3v) is 9.08. The molecule has 2 aliphatic heterocycles. The van der Waals surface area contributed by atoms with Crippen molar-refractivity contribution in [3.05, 3.63) is 101 Å². The quantitative estimate of drug-likeness (QED) is 0.204. The molecule has 2 saturated heterocycles. The Hall–Kier alpha value is -5.32. The summed E-state index contributed by atoms with van der Waals surface area (Å²) in [6.45, 7) is 2.22. The van der Waals surface area contributed by atoms with Gasteiger partial charge in [0, 0.05) is 51.2 Å². The molecule has 11 nitrogen and oxygen atoms in total. The van der Waals surface area contributed by atoms with Gasteiger partial charge in [0.15, 0.2) is 0 Å². The molecule has 2 aromatic heterocycles. The number of carbonyl (C=O) groups excluding carboxylic acids is 3. The number of aryl methyl sites for hydroxylation is 1. The van der Waals surface area contributed by atoms with Gasteiger partial charge in [0.2, 0.25) is 11.5 Å². The van der Waals surface area contributed by atoms with E-state index >= 15 is 0 Å². The Morgan fingerprint density at radius 2 is 1.61 bits per heavy atom. The lowest BCUT2D eigenvalue weighted by Crippen LogP contribution is -2.64. The van der Waals surface area contributed by atoms with Crippen LogP contribution in [0.5, 0.6) is 5.75 Å². The first-order valence-electron chi connectivity index (χ1n) is 16.7. The van der Waals surface area contributed by atoms with Gasteiger partial charge in [-0.1, -0.05) is 17.3 Å². The molecule has 1 atom stereocenters. The number of hydrogen-bond donors (Lipinski definition) is 1. The standard InChI is InChI=1S/C36H34F6N6O5.ClH/c1-23-19-26(53-45-23)20-31(49)44-29-5-2-3-6-30(29)46-15-17-47(18-16-46)33(51)34(52-25-9-7-24(8-10-25)35(37,38)39)12-4-14-48(22-34)32(50)27-21-43-13-11-28(27)36(40,41)42;/h2-3,5-11,13,19,21H,4,12,14-18,20,22H2,1H3,(H,44,49);1H. The smallest absolute Gasteiger partial charge is 0.417 e. The molecule has 0 aliphatic carbocycles. The van der Waals surface area contributed by atoms with E-state index < -0.39 is 53.0 Å². The number of rotatable bonds is 8. The van der Waals surface area contributed by atoms with Crippen molar-refractivity contribution in [1.29, 1.82) is 0 Å². The number of likely N-dealkylation sites (tertiary alicyclic amines) is 1. The van der Waals surface area contributed by atoms with Crippen LogP contribution in [-0.4, -0.2) is 82.5 Å². The number of hydrogen-bond acceptors (Lipinski definition) is 8. The van der Waals surface area contributed by atoms with Crippen LogP contribution in [0.3, 0.4) is 0 Å². The predicted molar refractivity (Wildman–Crippen MR) is 185 cm³/mol. The van der Waals surface area contributed by atoms with E-state index in [0.29, 0.717) is 42.0 Å². The normalized spacial score (nSPS) is 17.8. The minimum absolute atomic E-state index is 0. The Labute approximate surface area is 311 Å². The van der Waals surface area contributed by atoms with Crippen LogP contribution in [0.1, 0.15) is 45.8 Å². The Morgan fingerprint density at radius 1 is 0.907 bits per heavy atom. The fourth-order valence-corrected chi connectivity index (χ4v) is 6.56. The van der Waals surface area contributed by atoms with E-state index in [2.05, 4.69) is 15.5 Å². The van der Waals surface area contributed by atoms with Gasteiger partial charge < -0.3 is 29.3 Å². The molecule has 288 valence electrons. The van der Waals surface area contributed by atoms with Gasteiger partial charge in [-0.3, -0.25) is 19.4 Å². The van der Waals surface area contributed by atoms with Gasteiger partial charge in [0.25, 0.3) is 11.8 Å². The molecule has 2 fully saturated rings. The van der Waals surface area contributed by atoms with Crippen LogP contribution in [0.4, 0.5) is 37.7 Å². The SMILES string of the molecule is Cc1cc(CC(=O)Nc2ccccc2N2CCN(C(=O)C3(Oc4ccc(C(F)(F)F)cc4)CCCN(C(=O)c4cnccc4C(F)(F)F)C3)CC2)on1.Cl. The molecule has 2 aromatic carbocycles. The third-order valence-electron chi connectivity index (χ3n) is 9.08. The summed E-state index contributed by atoms with van der Waals surface area (Å²) in [7, 11) is 0. The summed E-state index contributed by atoms with van der Waals surface area (Å²) in [5, 5.41) is 6.68. The topological polar surface area (TPSA) is 121 Å². The predicted octanol–water partition coefficient (Wildman–Crippen LogP) is 6.42. The van der Waals surface area contributed by atoms with Crippen LogP contribution in [0, 0.1) is 6.92 Å². The van der Waals surface area contributed by atoms with Gasteiger partial charge >= 0.3 is 12.4 Å². The second kappa shape index (κ2) is 16.0. The molecule has 1 unspecified atom stereocenters. The van der Waals surface area contributed by atoms with Crippen LogP contribution in [0.15, 0.2) is 77.6 Å². The molecule has 18 heteroatoms. The van der Waals surface area contributed by atoms with E-state index in [-0.39, 0.29) is 63.0 Å². The number of alkyl halides is 6. The number of piperazine rings is 1. The molecule has 6 rings (SSSR count). The van der Waals surface area contributed by atoms with Gasteiger partial charge in [-0.2, -0.15) is 26.3 Å². The maximum atomic E-state index is 14.5. The molecule has 54 heavy (non-hydrogen) atoms. The first kappa shape index (κ1) is 39.9. The van der Waals surface area contributed by atoms with Gasteiger partial charge in [0.05, 0.1) is 46.7 Å². The highest BCUT2D eigenvalue weighted by Gasteiger charge is 2.49. The van der Waals surface area contributed by atoms with Crippen molar-refractivity contribution in [2.24, 2.45) is 0 Å². The second-order valence-corrected chi connectivity index (χ2v) is 12.8. The Balaban J connectivity index is 0.00000561. The minimum Gasteiger partial charge on any atom is -0.476 e. The molecule has 0 bridgehead atoms. The number of piperidine rings is 1. The van der Waals surface area contributed by atoms with E-state index in [0.717, 1.165) is 41.6 Å². The number of anilines is 2. The van der Waals surface area contributed by atoms with Crippen molar-refractivity contribution in [3.63, 3.8) is 0 Å². The number of halogens is 7. The molecule has 1 N–H and O–H groups in total. The summed E-state index contributed by atoms with van der Waals surface area (Å²) in [6.07, 6.45) is -7.59. The van der Waals surface area contributed by atoms with Gasteiger partial charge in [-0.25, -0.2) is 0 Å². The summed E-state index contributed by atoms with van der Waals surface area (Å²) < 4.78 is 92.8. The van der Waals surface area contributed by atoms with Crippen LogP contribution in [0.2, 0.25) is 0 Å². The molecule has 3 amide bonds. The molecule has 0 saturated carbocycles.